The Hall–Kier alpha value is -3.51. The zero-order valence-electron chi connectivity index (χ0n) is 19.1. The molecule has 0 aromatic heterocycles. The van der Waals surface area contributed by atoms with E-state index in [-0.39, 0.29) is 43.5 Å². The molecule has 34 heavy (non-hydrogen) atoms. The number of benzene rings is 1. The Morgan fingerprint density at radius 2 is 1.62 bits per heavy atom. The lowest BCUT2D eigenvalue weighted by Crippen LogP contribution is -2.67. The SMILES string of the molecule is CC(C)[C@H]([NH3+])C(=O)OCCCC(=O)OCc1ccccc1.O=C([O-])CC(O)(CC(=O)O)C(=O)[O-]. The van der Waals surface area contributed by atoms with Crippen molar-refractivity contribution < 1.29 is 59.6 Å². The third-order valence-corrected chi connectivity index (χ3v) is 4.38. The smallest absolute Gasteiger partial charge is 0.365 e. The molecule has 0 radical (unpaired) electrons. The lowest BCUT2D eigenvalue weighted by atomic mass is 9.96. The molecule has 0 aliphatic carbocycles. The van der Waals surface area contributed by atoms with E-state index in [0.717, 1.165) is 5.56 Å². The zero-order chi connectivity index (χ0) is 26.3. The molecule has 0 aliphatic rings. The maximum Gasteiger partial charge on any atom is 0.365 e. The lowest BCUT2D eigenvalue weighted by Gasteiger charge is -2.27. The van der Waals surface area contributed by atoms with E-state index in [1.807, 2.05) is 44.2 Å². The van der Waals surface area contributed by atoms with Gasteiger partial charge < -0.3 is 45.2 Å². The second kappa shape index (κ2) is 15.3. The number of carbonyl (C=O) groups excluding carboxylic acids is 4. The van der Waals surface area contributed by atoms with E-state index in [9.17, 15) is 34.2 Å². The number of carboxylic acid groups (broad SMARTS) is 3. The van der Waals surface area contributed by atoms with Gasteiger partial charge in [0.05, 0.1) is 19.0 Å². The highest BCUT2D eigenvalue weighted by atomic mass is 16.5. The number of hydrogen-bond acceptors (Lipinski definition) is 10. The van der Waals surface area contributed by atoms with Gasteiger partial charge in [0.15, 0.2) is 6.04 Å². The highest BCUT2D eigenvalue weighted by Crippen LogP contribution is 2.13. The Kier molecular flexibility index (Phi) is 13.8. The van der Waals surface area contributed by atoms with Crippen LogP contribution < -0.4 is 15.9 Å². The number of aliphatic hydroxyl groups is 1. The molecule has 0 saturated carbocycles. The van der Waals surface area contributed by atoms with Gasteiger partial charge in [0.1, 0.15) is 12.2 Å². The van der Waals surface area contributed by atoms with Crippen molar-refractivity contribution >= 4 is 29.8 Å². The average Bonchev–Trinajstić information content (AvgIpc) is 2.74. The summed E-state index contributed by atoms with van der Waals surface area (Å²) in [6, 6.07) is 9.13. The van der Waals surface area contributed by atoms with Crippen LogP contribution in [-0.4, -0.2) is 58.3 Å². The van der Waals surface area contributed by atoms with Gasteiger partial charge in [-0.25, -0.2) is 4.79 Å². The van der Waals surface area contributed by atoms with E-state index in [4.69, 9.17) is 19.7 Å². The molecule has 1 rings (SSSR count). The van der Waals surface area contributed by atoms with Crippen molar-refractivity contribution in [2.24, 2.45) is 5.92 Å². The summed E-state index contributed by atoms with van der Waals surface area (Å²) in [4.78, 5) is 53.2. The molecule has 0 bridgehead atoms. The summed E-state index contributed by atoms with van der Waals surface area (Å²) in [5, 5.41) is 37.2. The highest BCUT2D eigenvalue weighted by molar-refractivity contribution is 5.86. The molecule has 5 N–H and O–H groups in total. The molecule has 0 amide bonds. The van der Waals surface area contributed by atoms with Crippen LogP contribution in [0.15, 0.2) is 30.3 Å². The molecule has 1 aromatic rings. The minimum absolute atomic E-state index is 0.147. The normalized spacial score (nSPS) is 13.0. The number of aliphatic carboxylic acids is 3. The molecule has 1 unspecified atom stereocenters. The molecule has 0 saturated heterocycles. The number of rotatable bonds is 13. The first-order chi connectivity index (χ1) is 15.8. The summed E-state index contributed by atoms with van der Waals surface area (Å²) in [5.41, 5.74) is 1.79. The van der Waals surface area contributed by atoms with Crippen LogP contribution in [0, 0.1) is 5.92 Å². The van der Waals surface area contributed by atoms with Gasteiger partial charge in [-0.1, -0.05) is 44.2 Å². The zero-order valence-corrected chi connectivity index (χ0v) is 19.1. The quantitative estimate of drug-likeness (QED) is 0.195. The molecule has 12 heteroatoms. The summed E-state index contributed by atoms with van der Waals surface area (Å²) in [6.45, 7) is 4.32. The number of hydrogen-bond donors (Lipinski definition) is 3. The molecule has 0 heterocycles. The van der Waals surface area contributed by atoms with E-state index < -0.39 is 36.4 Å². The third kappa shape index (κ3) is 13.1. The first-order valence-corrected chi connectivity index (χ1v) is 10.3. The van der Waals surface area contributed by atoms with E-state index in [1.165, 1.54) is 0 Å². The molecule has 0 spiro atoms. The van der Waals surface area contributed by atoms with Gasteiger partial charge in [0.25, 0.3) is 0 Å². The molecule has 0 fully saturated rings. The molecule has 190 valence electrons. The number of esters is 2. The number of ether oxygens (including phenoxy) is 2. The van der Waals surface area contributed by atoms with Crippen LogP contribution in [-0.2, 0) is 40.1 Å². The largest absolute Gasteiger partial charge is 0.550 e. The first-order valence-electron chi connectivity index (χ1n) is 10.3. The highest BCUT2D eigenvalue weighted by Gasteiger charge is 2.32. The van der Waals surface area contributed by atoms with Gasteiger partial charge in [0, 0.05) is 24.7 Å². The molecule has 1 aromatic carbocycles. The van der Waals surface area contributed by atoms with E-state index in [2.05, 4.69) is 5.73 Å². The van der Waals surface area contributed by atoms with Gasteiger partial charge in [-0.05, 0) is 12.0 Å². The lowest BCUT2D eigenvalue weighted by molar-refractivity contribution is -0.418. The van der Waals surface area contributed by atoms with Gasteiger partial charge in [0.2, 0.25) is 0 Å². The maximum absolute atomic E-state index is 11.5. The Morgan fingerprint density at radius 1 is 1.03 bits per heavy atom. The predicted octanol–water partition coefficient (Wildman–Crippen LogP) is -2.60. The van der Waals surface area contributed by atoms with Crippen LogP contribution in [0.2, 0.25) is 0 Å². The van der Waals surface area contributed by atoms with Crippen molar-refractivity contribution in [3.63, 3.8) is 0 Å². The third-order valence-electron chi connectivity index (χ3n) is 4.38. The Morgan fingerprint density at radius 3 is 2.09 bits per heavy atom. The van der Waals surface area contributed by atoms with Crippen LogP contribution in [0.1, 0.15) is 45.1 Å². The predicted molar refractivity (Wildman–Crippen MR) is 110 cm³/mol. The second-order valence-corrected chi connectivity index (χ2v) is 7.71. The standard InChI is InChI=1S/C16H23NO4.C6H8O7/c1-12(2)15(17)16(19)20-10-6-9-14(18)21-11-13-7-4-3-5-8-13;7-3(8)1-6(13,5(11)12)2-4(9)10/h3-5,7-8,12,15H,6,9-11,17H2,1-2H3;13H,1-2H2,(H,7,8)(H,9,10)(H,11,12)/p-1/t15-;/m0./s1. The molecular weight excluding hydrogens is 454 g/mol. The minimum atomic E-state index is -2.91. The van der Waals surface area contributed by atoms with Crippen molar-refractivity contribution in [2.75, 3.05) is 6.61 Å². The fourth-order valence-electron chi connectivity index (χ4n) is 2.27. The molecular formula is C22H30NO11-. The number of carboxylic acids is 3. The first kappa shape index (κ1) is 30.5. The topological polar surface area (TPSA) is 218 Å². The number of quaternary nitrogens is 1. The summed E-state index contributed by atoms with van der Waals surface area (Å²) in [6.07, 6.45) is -1.86. The van der Waals surface area contributed by atoms with Crippen molar-refractivity contribution in [3.8, 4) is 0 Å². The fourth-order valence-corrected chi connectivity index (χ4v) is 2.27. The van der Waals surface area contributed by atoms with Crippen molar-refractivity contribution in [3.05, 3.63) is 35.9 Å². The molecule has 0 aliphatic heterocycles. The number of carbonyl (C=O) groups is 5. The van der Waals surface area contributed by atoms with Crippen molar-refractivity contribution in [1.29, 1.82) is 0 Å². The summed E-state index contributed by atoms with van der Waals surface area (Å²) >= 11 is 0. The van der Waals surface area contributed by atoms with Crippen LogP contribution in [0.5, 0.6) is 0 Å². The Balaban J connectivity index is 0.000000722. The summed E-state index contributed by atoms with van der Waals surface area (Å²) in [5.74, 6) is -6.12. The van der Waals surface area contributed by atoms with E-state index >= 15 is 0 Å². The Bertz CT molecular complexity index is 807. The van der Waals surface area contributed by atoms with E-state index in [0.29, 0.717) is 6.42 Å². The van der Waals surface area contributed by atoms with Crippen LogP contribution in [0.3, 0.4) is 0 Å². The van der Waals surface area contributed by atoms with Crippen LogP contribution >= 0.6 is 0 Å². The minimum Gasteiger partial charge on any atom is -0.550 e. The van der Waals surface area contributed by atoms with Crippen LogP contribution in [0.25, 0.3) is 0 Å². The second-order valence-electron chi connectivity index (χ2n) is 7.71. The van der Waals surface area contributed by atoms with Gasteiger partial charge in [-0.2, -0.15) is 0 Å². The van der Waals surface area contributed by atoms with Crippen LogP contribution in [0.4, 0.5) is 0 Å². The Labute approximate surface area is 196 Å². The summed E-state index contributed by atoms with van der Waals surface area (Å²) in [7, 11) is 0. The van der Waals surface area contributed by atoms with Crippen molar-refractivity contribution in [1.82, 2.24) is 0 Å². The summed E-state index contributed by atoms with van der Waals surface area (Å²) < 4.78 is 10.2. The van der Waals surface area contributed by atoms with Gasteiger partial charge >= 0.3 is 17.9 Å². The van der Waals surface area contributed by atoms with E-state index in [1.54, 1.807) is 0 Å². The monoisotopic (exact) mass is 484 g/mol. The maximum atomic E-state index is 11.5. The van der Waals surface area contributed by atoms with Crippen molar-refractivity contribution in [2.45, 2.75) is 57.8 Å². The van der Waals surface area contributed by atoms with Gasteiger partial charge in [-0.15, -0.1) is 0 Å². The molecule has 2 atom stereocenters. The molecule has 12 nitrogen and oxygen atoms in total. The average molecular weight is 484 g/mol. The fraction of sp³-hybridized carbons (Fsp3) is 0.500. The van der Waals surface area contributed by atoms with Gasteiger partial charge in [-0.3, -0.25) is 9.59 Å².